The molecule has 9 nitrogen and oxygen atoms in total. The van der Waals surface area contributed by atoms with E-state index in [1.54, 1.807) is 66.7 Å². The fourth-order valence-corrected chi connectivity index (χ4v) is 4.63. The normalized spacial score (nSPS) is 11.2. The van der Waals surface area contributed by atoms with E-state index in [4.69, 9.17) is 11.1 Å². The number of pyridine rings is 1. The molecule has 10 heteroatoms. The predicted molar refractivity (Wildman–Crippen MR) is 135 cm³/mol. The number of carbonyl (C=O) groups is 1. The number of sulfonamides is 1. The third-order valence-electron chi connectivity index (χ3n) is 5.36. The van der Waals surface area contributed by atoms with Gasteiger partial charge in [0.05, 0.1) is 10.4 Å². The summed E-state index contributed by atoms with van der Waals surface area (Å²) in [6.07, 6.45) is 0. The van der Waals surface area contributed by atoms with Gasteiger partial charge in [-0.15, -0.1) is 0 Å². The van der Waals surface area contributed by atoms with E-state index in [0.29, 0.717) is 16.5 Å². The molecule has 0 radical (unpaired) electrons. The summed E-state index contributed by atoms with van der Waals surface area (Å²) in [5, 5.41) is 10.8. The van der Waals surface area contributed by atoms with Crippen molar-refractivity contribution < 1.29 is 13.2 Å². The molecule has 0 saturated carbocycles. The molecule has 0 saturated heterocycles. The van der Waals surface area contributed by atoms with Gasteiger partial charge in [0.15, 0.2) is 0 Å². The molecule has 0 unspecified atom stereocenters. The van der Waals surface area contributed by atoms with Crippen LogP contribution in [0, 0.1) is 5.41 Å². The summed E-state index contributed by atoms with van der Waals surface area (Å²) in [6.45, 7) is -0.0875. The third kappa shape index (κ3) is 5.39. The summed E-state index contributed by atoms with van der Waals surface area (Å²) in [7, 11) is -3.99. The second-order valence-electron chi connectivity index (χ2n) is 7.81. The number of nitrogen functional groups attached to an aromatic ring is 1. The average Bonchev–Trinajstić information content (AvgIpc) is 2.86. The second kappa shape index (κ2) is 9.82. The van der Waals surface area contributed by atoms with Crippen molar-refractivity contribution in [1.82, 2.24) is 9.88 Å². The molecule has 1 aromatic heterocycles. The first-order chi connectivity index (χ1) is 16.7. The van der Waals surface area contributed by atoms with Gasteiger partial charge in [-0.2, -0.15) is 0 Å². The van der Waals surface area contributed by atoms with Crippen LogP contribution in [0.25, 0.3) is 10.9 Å². The Labute approximate surface area is 201 Å². The Hall–Kier alpha value is -4.44. The van der Waals surface area contributed by atoms with Gasteiger partial charge < -0.3 is 11.1 Å². The van der Waals surface area contributed by atoms with E-state index in [2.05, 4.69) is 10.0 Å². The molecule has 0 aliphatic carbocycles. The molecule has 35 heavy (non-hydrogen) atoms. The van der Waals surface area contributed by atoms with Crippen LogP contribution in [0.1, 0.15) is 11.1 Å². The van der Waals surface area contributed by atoms with Gasteiger partial charge in [0.2, 0.25) is 5.91 Å². The van der Waals surface area contributed by atoms with Crippen LogP contribution in [0.4, 0.5) is 5.69 Å². The molecule has 1 amide bonds. The van der Waals surface area contributed by atoms with Gasteiger partial charge in [0.25, 0.3) is 15.6 Å². The largest absolute Gasteiger partial charge is 0.384 e. The van der Waals surface area contributed by atoms with Crippen molar-refractivity contribution in [3.63, 3.8) is 0 Å². The number of aromatic nitrogens is 1. The van der Waals surface area contributed by atoms with Crippen molar-refractivity contribution in [2.24, 2.45) is 5.73 Å². The second-order valence-corrected chi connectivity index (χ2v) is 9.50. The highest BCUT2D eigenvalue weighted by molar-refractivity contribution is 7.92. The Morgan fingerprint density at radius 2 is 1.60 bits per heavy atom. The van der Waals surface area contributed by atoms with Gasteiger partial charge in [-0.1, -0.05) is 60.7 Å². The first-order valence-electron chi connectivity index (χ1n) is 10.6. The molecule has 0 aliphatic rings. The molecule has 3 aromatic carbocycles. The fraction of sp³-hybridized carbons (Fsp3) is 0.0800. The Morgan fingerprint density at radius 1 is 0.943 bits per heavy atom. The molecule has 0 aliphatic heterocycles. The van der Waals surface area contributed by atoms with Crippen molar-refractivity contribution in [3.8, 4) is 0 Å². The topological polar surface area (TPSA) is 147 Å². The quantitative estimate of drug-likeness (QED) is 0.222. The Balaban J connectivity index is 1.59. The number of amidine groups is 1. The van der Waals surface area contributed by atoms with E-state index >= 15 is 0 Å². The minimum Gasteiger partial charge on any atom is -0.384 e. The number of hydrogen-bond donors (Lipinski definition) is 4. The van der Waals surface area contributed by atoms with Crippen molar-refractivity contribution in [2.45, 2.75) is 18.0 Å². The lowest BCUT2D eigenvalue weighted by Crippen LogP contribution is -2.33. The highest BCUT2D eigenvalue weighted by atomic mass is 32.2. The number of nitrogens with two attached hydrogens (primary N) is 1. The van der Waals surface area contributed by atoms with Crippen LogP contribution in [0.5, 0.6) is 0 Å². The fourth-order valence-electron chi connectivity index (χ4n) is 3.56. The number of carbonyl (C=O) groups excluding carboxylic acids is 1. The SMILES string of the molecule is N=C(N)c1ccc(CNC(=O)Cn2c(=O)c(NS(=O)(=O)c3ccccc3)cc3ccccc32)cc1. The first-order valence-corrected chi connectivity index (χ1v) is 12.1. The number of fused-ring (bicyclic) bond motifs is 1. The highest BCUT2D eigenvalue weighted by Crippen LogP contribution is 2.19. The molecule has 0 fully saturated rings. The minimum absolute atomic E-state index is 0.0210. The van der Waals surface area contributed by atoms with E-state index in [0.717, 1.165) is 5.56 Å². The maximum atomic E-state index is 13.2. The molecule has 178 valence electrons. The highest BCUT2D eigenvalue weighted by Gasteiger charge is 2.19. The van der Waals surface area contributed by atoms with Crippen molar-refractivity contribution >= 4 is 38.4 Å². The molecule has 1 heterocycles. The van der Waals surface area contributed by atoms with E-state index in [1.807, 2.05) is 0 Å². The van der Waals surface area contributed by atoms with E-state index in [1.165, 1.54) is 22.8 Å². The molecule has 4 aromatic rings. The first kappa shape index (κ1) is 23.7. The van der Waals surface area contributed by atoms with Crippen molar-refractivity contribution in [1.29, 1.82) is 5.41 Å². The minimum atomic E-state index is -3.99. The standard InChI is InChI=1S/C25H23N5O4S/c26-24(27)18-12-10-17(11-13-18)15-28-23(31)16-30-22-9-5-4-6-19(22)14-21(25(30)32)29-35(33,34)20-7-2-1-3-8-20/h1-14,29H,15-16H2,(H3,26,27)(H,28,31). The summed E-state index contributed by atoms with van der Waals surface area (Å²) < 4.78 is 29.2. The predicted octanol–water partition coefficient (Wildman–Crippen LogP) is 2.40. The third-order valence-corrected chi connectivity index (χ3v) is 6.74. The number of hydrogen-bond acceptors (Lipinski definition) is 5. The smallest absolute Gasteiger partial charge is 0.275 e. The summed E-state index contributed by atoms with van der Waals surface area (Å²) in [5.41, 5.74) is 6.54. The summed E-state index contributed by atoms with van der Waals surface area (Å²) in [6, 6.07) is 23.0. The maximum absolute atomic E-state index is 13.2. The van der Waals surface area contributed by atoms with E-state index in [-0.39, 0.29) is 29.5 Å². The van der Waals surface area contributed by atoms with Crippen LogP contribution in [0.15, 0.2) is 94.6 Å². The monoisotopic (exact) mass is 489 g/mol. The number of para-hydroxylation sites is 1. The lowest BCUT2D eigenvalue weighted by molar-refractivity contribution is -0.121. The van der Waals surface area contributed by atoms with Crippen LogP contribution >= 0.6 is 0 Å². The van der Waals surface area contributed by atoms with Gasteiger partial charge in [-0.25, -0.2) is 8.42 Å². The number of nitrogens with one attached hydrogen (secondary N) is 3. The lowest BCUT2D eigenvalue weighted by atomic mass is 10.1. The molecule has 5 N–H and O–H groups in total. The van der Waals surface area contributed by atoms with Crippen LogP contribution in [-0.4, -0.2) is 24.7 Å². The average molecular weight is 490 g/mol. The Bertz CT molecular complexity index is 1560. The number of amides is 1. The molecular formula is C25H23N5O4S. The maximum Gasteiger partial charge on any atom is 0.275 e. The van der Waals surface area contributed by atoms with Crippen LogP contribution in [0.3, 0.4) is 0 Å². The molecule has 0 bridgehead atoms. The van der Waals surface area contributed by atoms with Gasteiger partial charge in [0.1, 0.15) is 18.1 Å². The molecule has 0 spiro atoms. The lowest BCUT2D eigenvalue weighted by Gasteiger charge is -2.14. The van der Waals surface area contributed by atoms with Gasteiger partial charge in [-0.3, -0.25) is 24.3 Å². The zero-order valence-electron chi connectivity index (χ0n) is 18.6. The van der Waals surface area contributed by atoms with Gasteiger partial charge in [0, 0.05) is 17.5 Å². The number of nitrogens with zero attached hydrogens (tertiary/aromatic N) is 1. The Kier molecular flexibility index (Phi) is 6.65. The van der Waals surface area contributed by atoms with Crippen LogP contribution < -0.4 is 21.3 Å². The Morgan fingerprint density at radius 3 is 2.29 bits per heavy atom. The summed E-state index contributed by atoms with van der Waals surface area (Å²) >= 11 is 0. The molecular weight excluding hydrogens is 466 g/mol. The van der Waals surface area contributed by atoms with Gasteiger partial charge >= 0.3 is 0 Å². The number of rotatable bonds is 8. The van der Waals surface area contributed by atoms with Crippen molar-refractivity contribution in [3.05, 3.63) is 106 Å². The van der Waals surface area contributed by atoms with Crippen LogP contribution in [0.2, 0.25) is 0 Å². The van der Waals surface area contributed by atoms with Crippen LogP contribution in [-0.2, 0) is 27.9 Å². The number of benzene rings is 3. The van der Waals surface area contributed by atoms with Gasteiger partial charge in [-0.05, 0) is 29.8 Å². The molecule has 4 rings (SSSR count). The summed E-state index contributed by atoms with van der Waals surface area (Å²) in [5.74, 6) is -0.467. The van der Waals surface area contributed by atoms with E-state index in [9.17, 15) is 18.0 Å². The number of anilines is 1. The summed E-state index contributed by atoms with van der Waals surface area (Å²) in [4.78, 5) is 26.0. The van der Waals surface area contributed by atoms with E-state index < -0.39 is 21.5 Å². The zero-order chi connectivity index (χ0) is 25.0. The van der Waals surface area contributed by atoms with Crippen molar-refractivity contribution in [2.75, 3.05) is 4.72 Å². The zero-order valence-corrected chi connectivity index (χ0v) is 19.4. The molecule has 0 atom stereocenters.